The molecule has 2 amide bonds. The molecule has 210 valence electrons. The van der Waals surface area contributed by atoms with E-state index in [1.807, 2.05) is 5.32 Å². The molecule has 0 atom stereocenters. The molecule has 1 fully saturated rings. The van der Waals surface area contributed by atoms with E-state index in [2.05, 4.69) is 30.8 Å². The molecule has 6 nitrogen and oxygen atoms in total. The summed E-state index contributed by atoms with van der Waals surface area (Å²) in [5, 5.41) is 2.03. The van der Waals surface area contributed by atoms with Crippen molar-refractivity contribution >= 4 is 23.8 Å². The normalized spacial score (nSPS) is 14.0. The molecule has 1 aliphatic heterocycles. The van der Waals surface area contributed by atoms with E-state index in [1.165, 1.54) is 40.3 Å². The predicted molar refractivity (Wildman–Crippen MR) is 135 cm³/mol. The maximum Gasteiger partial charge on any atom is 0.416 e. The van der Waals surface area contributed by atoms with Crippen LogP contribution < -0.4 is 10.1 Å². The van der Waals surface area contributed by atoms with Crippen molar-refractivity contribution in [3.8, 4) is 16.9 Å². The number of halogens is 6. The van der Waals surface area contributed by atoms with Crippen molar-refractivity contribution in [1.82, 2.24) is 4.90 Å². The number of benzene rings is 3. The van der Waals surface area contributed by atoms with Crippen molar-refractivity contribution in [3.05, 3.63) is 89.5 Å². The number of amides is 2. The minimum atomic E-state index is -5.08. The second-order valence-electron chi connectivity index (χ2n) is 8.72. The van der Waals surface area contributed by atoms with Crippen LogP contribution >= 0.6 is 0 Å². The van der Waals surface area contributed by atoms with Gasteiger partial charge in [0.2, 0.25) is 0 Å². The SMILES string of the molecule is C=Cc1cccc(C(=O)Nc2cc(C(F)(F)F)cc(C(F)(F)F)c2)c1OC(=O)N1CCOCC1.c1cc2cc-2c1. The number of alkyl halides is 6. The van der Waals surface area contributed by atoms with Crippen LogP contribution in [0.25, 0.3) is 17.2 Å². The first kappa shape index (κ1) is 28.7. The molecule has 2 aliphatic carbocycles. The van der Waals surface area contributed by atoms with Crippen molar-refractivity contribution < 1.29 is 45.4 Å². The Morgan fingerprint density at radius 2 is 1.45 bits per heavy atom. The topological polar surface area (TPSA) is 67.9 Å². The Morgan fingerprint density at radius 1 is 0.875 bits per heavy atom. The number of fused-ring (bicyclic) bond motifs is 1. The third-order valence-corrected chi connectivity index (χ3v) is 5.93. The first-order valence-corrected chi connectivity index (χ1v) is 11.9. The van der Waals surface area contributed by atoms with Gasteiger partial charge in [-0.2, -0.15) is 26.3 Å². The standard InChI is InChI=1S/C22H18F6N2O4.C6H4/c1-2-13-4-3-5-17(18(13)34-20(32)30-6-8-33-9-7-30)19(31)29-16-11-14(21(23,24)25)10-15(12-16)22(26,27)28;1-2-5-4-6(5)3-1/h2-5,10-12H,1,6-9H2,(H,29,31);1-4H. The van der Waals surface area contributed by atoms with Crippen LogP contribution in [0.1, 0.15) is 27.0 Å². The molecule has 1 heterocycles. The Bertz CT molecular complexity index is 1380. The van der Waals surface area contributed by atoms with Gasteiger partial charge in [-0.1, -0.05) is 43.0 Å². The molecular weight excluding hydrogens is 542 g/mol. The van der Waals surface area contributed by atoms with Crippen molar-refractivity contribution in [3.63, 3.8) is 0 Å². The molecule has 1 N–H and O–H groups in total. The highest BCUT2D eigenvalue weighted by atomic mass is 19.4. The van der Waals surface area contributed by atoms with Gasteiger partial charge in [0.25, 0.3) is 5.91 Å². The molecule has 5 rings (SSSR count). The minimum absolute atomic E-state index is 0.0521. The summed E-state index contributed by atoms with van der Waals surface area (Å²) in [5.41, 5.74) is -1.13. The fourth-order valence-corrected chi connectivity index (χ4v) is 3.81. The average molecular weight is 564 g/mol. The first-order valence-electron chi connectivity index (χ1n) is 11.9. The highest BCUT2D eigenvalue weighted by molar-refractivity contribution is 6.07. The maximum absolute atomic E-state index is 13.1. The molecule has 0 spiro atoms. The van der Waals surface area contributed by atoms with Gasteiger partial charge in [0.05, 0.1) is 29.9 Å². The first-order chi connectivity index (χ1) is 18.9. The van der Waals surface area contributed by atoms with E-state index >= 15 is 0 Å². The number of carbonyl (C=O) groups excluding carboxylic acids is 2. The molecule has 3 aliphatic rings. The van der Waals surface area contributed by atoms with E-state index in [1.54, 1.807) is 0 Å². The van der Waals surface area contributed by atoms with Crippen molar-refractivity contribution in [2.75, 3.05) is 31.6 Å². The molecule has 1 saturated heterocycles. The lowest BCUT2D eigenvalue weighted by atomic mass is 10.1. The van der Waals surface area contributed by atoms with Crippen molar-refractivity contribution in [1.29, 1.82) is 0 Å². The molecule has 0 radical (unpaired) electrons. The summed E-state index contributed by atoms with van der Waals surface area (Å²) in [4.78, 5) is 26.7. The van der Waals surface area contributed by atoms with E-state index in [0.717, 1.165) is 0 Å². The largest absolute Gasteiger partial charge is 0.416 e. The monoisotopic (exact) mass is 564 g/mol. The molecule has 12 heteroatoms. The Morgan fingerprint density at radius 3 is 1.93 bits per heavy atom. The molecule has 0 saturated carbocycles. The van der Waals surface area contributed by atoms with Crippen LogP contribution in [-0.4, -0.2) is 43.2 Å². The molecule has 2 aromatic rings. The summed E-state index contributed by atoms with van der Waals surface area (Å²) in [5.74, 6) is -1.32. The Hall–Kier alpha value is -4.32. The van der Waals surface area contributed by atoms with Crippen LogP contribution in [0.2, 0.25) is 0 Å². The summed E-state index contributed by atoms with van der Waals surface area (Å²) in [6, 6.07) is 13.3. The fourth-order valence-electron chi connectivity index (χ4n) is 3.81. The zero-order chi connectivity index (χ0) is 29.1. The minimum Gasteiger partial charge on any atom is -0.409 e. The quantitative estimate of drug-likeness (QED) is 0.268. The van der Waals surface area contributed by atoms with E-state index in [4.69, 9.17) is 9.47 Å². The van der Waals surface area contributed by atoms with Gasteiger partial charge < -0.3 is 19.7 Å². The summed E-state index contributed by atoms with van der Waals surface area (Å²) >= 11 is 0. The number of nitrogens with zero attached hydrogens (tertiary/aromatic N) is 1. The molecule has 0 unspecified atom stereocenters. The van der Waals surface area contributed by atoms with Crippen LogP contribution in [-0.2, 0) is 17.1 Å². The van der Waals surface area contributed by atoms with Crippen molar-refractivity contribution in [2.24, 2.45) is 0 Å². The van der Waals surface area contributed by atoms with Gasteiger partial charge in [0.15, 0.2) is 5.75 Å². The smallest absolute Gasteiger partial charge is 0.409 e. The van der Waals surface area contributed by atoms with Gasteiger partial charge in [0, 0.05) is 24.3 Å². The Kier molecular flexibility index (Phi) is 8.19. The van der Waals surface area contributed by atoms with E-state index < -0.39 is 41.2 Å². The molecular formula is C28H22F6N2O4. The molecule has 40 heavy (non-hydrogen) atoms. The Labute approximate surface area is 224 Å². The number of rotatable bonds is 4. The molecule has 2 aromatic carbocycles. The number of nitrogens with one attached hydrogen (secondary N) is 1. The maximum atomic E-state index is 13.1. The number of anilines is 1. The van der Waals surface area contributed by atoms with Crippen LogP contribution in [0.3, 0.4) is 0 Å². The number of carbonyl (C=O) groups is 2. The average Bonchev–Trinajstić information content (AvgIpc) is 3.52. The van der Waals surface area contributed by atoms with Crippen LogP contribution in [0.4, 0.5) is 36.8 Å². The van der Waals surface area contributed by atoms with Crippen LogP contribution in [0, 0.1) is 0 Å². The summed E-state index contributed by atoms with van der Waals surface area (Å²) in [7, 11) is 0. The summed E-state index contributed by atoms with van der Waals surface area (Å²) < 4.78 is 89.2. The number of hydrogen-bond donors (Lipinski definition) is 1. The lowest BCUT2D eigenvalue weighted by molar-refractivity contribution is -0.143. The summed E-state index contributed by atoms with van der Waals surface area (Å²) in [6.07, 6.45) is -9.68. The van der Waals surface area contributed by atoms with E-state index in [9.17, 15) is 35.9 Å². The van der Waals surface area contributed by atoms with E-state index in [0.29, 0.717) is 12.1 Å². The third-order valence-electron chi connectivity index (χ3n) is 5.93. The highest BCUT2D eigenvalue weighted by Gasteiger charge is 2.37. The third kappa shape index (κ3) is 7.00. The van der Waals surface area contributed by atoms with Crippen LogP contribution in [0.15, 0.2) is 67.2 Å². The van der Waals surface area contributed by atoms with E-state index in [-0.39, 0.29) is 49.2 Å². The molecule has 0 bridgehead atoms. The van der Waals surface area contributed by atoms with Crippen LogP contribution in [0.5, 0.6) is 5.75 Å². The summed E-state index contributed by atoms with van der Waals surface area (Å²) in [6.45, 7) is 4.60. The fraction of sp³-hybridized carbons (Fsp3) is 0.214. The number of hydrogen-bond acceptors (Lipinski definition) is 4. The van der Waals surface area contributed by atoms with Gasteiger partial charge in [-0.3, -0.25) is 4.79 Å². The highest BCUT2D eigenvalue weighted by Crippen LogP contribution is 2.38. The van der Waals surface area contributed by atoms with Gasteiger partial charge in [-0.05, 0) is 41.5 Å². The van der Waals surface area contributed by atoms with Gasteiger partial charge >= 0.3 is 18.4 Å². The predicted octanol–water partition coefficient (Wildman–Crippen LogP) is 7.12. The number of para-hydroxylation sites is 1. The van der Waals surface area contributed by atoms with Gasteiger partial charge in [-0.25, -0.2) is 4.79 Å². The number of ether oxygens (including phenoxy) is 2. The molecule has 0 aromatic heterocycles. The zero-order valence-corrected chi connectivity index (χ0v) is 20.7. The van der Waals surface area contributed by atoms with Gasteiger partial charge in [-0.15, -0.1) is 0 Å². The Balaban J connectivity index is 0.000000534. The van der Waals surface area contributed by atoms with Gasteiger partial charge in [0.1, 0.15) is 0 Å². The second-order valence-corrected chi connectivity index (χ2v) is 8.72. The lowest BCUT2D eigenvalue weighted by Gasteiger charge is -2.26. The number of morpholine rings is 1. The second kappa shape index (κ2) is 11.4. The zero-order valence-electron chi connectivity index (χ0n) is 20.7. The van der Waals surface area contributed by atoms with Crippen molar-refractivity contribution in [2.45, 2.75) is 12.4 Å². The lowest BCUT2D eigenvalue weighted by Crippen LogP contribution is -2.42.